The fraction of sp³-hybridized carbons (Fsp3) is 0.949. The molecule has 19 heteroatoms. The van der Waals surface area contributed by atoms with Crippen molar-refractivity contribution in [1.29, 1.82) is 0 Å². The molecule has 0 spiro atoms. The van der Waals surface area contributed by atoms with Crippen molar-refractivity contribution in [2.75, 3.05) is 39.6 Å². The Labute approximate surface area is 594 Å². The minimum atomic E-state index is -4.96. The predicted molar refractivity (Wildman–Crippen MR) is 395 cm³/mol. The van der Waals surface area contributed by atoms with Crippen LogP contribution in [0.5, 0.6) is 0 Å². The van der Waals surface area contributed by atoms with E-state index < -0.39 is 97.5 Å². The van der Waals surface area contributed by atoms with Crippen molar-refractivity contribution < 1.29 is 80.2 Å². The smallest absolute Gasteiger partial charge is 0.462 e. The van der Waals surface area contributed by atoms with Crippen LogP contribution >= 0.6 is 15.6 Å². The zero-order chi connectivity index (χ0) is 71.6. The standard InChI is InChI=1S/C78H152O17P2/c1-8-9-10-11-12-13-14-15-16-17-21-24-27-30-33-36-45-52-59-75(80)88-65-73(94-77(82)61-54-47-37-34-31-28-25-22-19-18-20-23-26-29-32-35-42-49-56-69(2)3)67-92-96(84,85)90-63-72(79)64-91-97(86,87)93-68-74(95-78(83)62-55-48-41-39-44-51-58-71(6)7)66-89-76(81)60-53-46-40-38-43-50-57-70(4)5/h69-74,79H,8-68H2,1-7H3,(H,84,85)(H,86,87)/t72-,73-,74-/m1/s1. The lowest BCUT2D eigenvalue weighted by molar-refractivity contribution is -0.161. The van der Waals surface area contributed by atoms with Crippen molar-refractivity contribution >= 4 is 39.5 Å². The Bertz CT molecular complexity index is 1890. The molecule has 3 N–H and O–H groups in total. The van der Waals surface area contributed by atoms with Gasteiger partial charge >= 0.3 is 39.5 Å². The zero-order valence-electron chi connectivity index (χ0n) is 63.5. The molecule has 0 aromatic carbocycles. The number of ether oxygens (including phenoxy) is 4. The van der Waals surface area contributed by atoms with Crippen molar-refractivity contribution in [2.24, 2.45) is 17.8 Å². The van der Waals surface area contributed by atoms with Crippen LogP contribution in [0.3, 0.4) is 0 Å². The van der Waals surface area contributed by atoms with Crippen LogP contribution in [-0.4, -0.2) is 96.7 Å². The van der Waals surface area contributed by atoms with Gasteiger partial charge < -0.3 is 33.8 Å². The van der Waals surface area contributed by atoms with Crippen molar-refractivity contribution in [3.8, 4) is 0 Å². The van der Waals surface area contributed by atoms with Gasteiger partial charge in [0.1, 0.15) is 19.3 Å². The molecule has 0 rings (SSSR count). The van der Waals surface area contributed by atoms with Crippen molar-refractivity contribution in [3.05, 3.63) is 0 Å². The molecule has 0 radical (unpaired) electrons. The molecule has 0 amide bonds. The number of carbonyl (C=O) groups excluding carboxylic acids is 4. The highest BCUT2D eigenvalue weighted by Crippen LogP contribution is 2.45. The summed E-state index contributed by atoms with van der Waals surface area (Å²) in [4.78, 5) is 72.7. The Morgan fingerprint density at radius 3 is 0.701 bits per heavy atom. The Hall–Kier alpha value is -1.94. The summed E-state index contributed by atoms with van der Waals surface area (Å²) in [5.41, 5.74) is 0. The summed E-state index contributed by atoms with van der Waals surface area (Å²) in [6.07, 6.45) is 56.1. The van der Waals surface area contributed by atoms with Crippen LogP contribution in [0.1, 0.15) is 402 Å². The third-order valence-electron chi connectivity index (χ3n) is 18.1. The highest BCUT2D eigenvalue weighted by atomic mass is 31.2. The van der Waals surface area contributed by atoms with Gasteiger partial charge in [0.05, 0.1) is 26.4 Å². The number of phosphoric ester groups is 2. The molecule has 576 valence electrons. The Morgan fingerprint density at radius 2 is 0.474 bits per heavy atom. The number of hydrogen-bond acceptors (Lipinski definition) is 15. The summed E-state index contributed by atoms with van der Waals surface area (Å²) < 4.78 is 68.5. The van der Waals surface area contributed by atoms with Crippen molar-refractivity contribution in [1.82, 2.24) is 0 Å². The number of aliphatic hydroxyl groups excluding tert-OH is 1. The molecule has 5 atom stereocenters. The van der Waals surface area contributed by atoms with Crippen LogP contribution in [-0.2, 0) is 65.4 Å². The SMILES string of the molecule is CCCCCCCCCCCCCCCCCCCCC(=O)OC[C@H](COP(=O)(O)OC[C@@H](O)COP(=O)(O)OC[C@@H](COC(=O)CCCCCCCCC(C)C)OC(=O)CCCCCCCCC(C)C)OC(=O)CCCCCCCCCCCCCCCCCCCCC(C)C. The lowest BCUT2D eigenvalue weighted by atomic mass is 10.0. The monoisotopic (exact) mass is 1420 g/mol. The second-order valence-electron chi connectivity index (χ2n) is 29.5. The molecular weight excluding hydrogens is 1270 g/mol. The van der Waals surface area contributed by atoms with Crippen molar-refractivity contribution in [3.63, 3.8) is 0 Å². The van der Waals surface area contributed by atoms with Crippen LogP contribution in [0.15, 0.2) is 0 Å². The largest absolute Gasteiger partial charge is 0.472 e. The van der Waals surface area contributed by atoms with E-state index in [0.29, 0.717) is 37.5 Å². The van der Waals surface area contributed by atoms with Gasteiger partial charge in [-0.2, -0.15) is 0 Å². The summed E-state index contributed by atoms with van der Waals surface area (Å²) in [5, 5.41) is 10.6. The van der Waals surface area contributed by atoms with Gasteiger partial charge in [-0.05, 0) is 43.4 Å². The first kappa shape index (κ1) is 95.1. The molecule has 0 heterocycles. The maximum absolute atomic E-state index is 13.1. The zero-order valence-corrected chi connectivity index (χ0v) is 65.3. The first-order valence-corrected chi connectivity index (χ1v) is 43.3. The molecule has 0 saturated carbocycles. The normalized spacial score (nSPS) is 14.0. The molecule has 0 aliphatic carbocycles. The van der Waals surface area contributed by atoms with E-state index in [1.807, 2.05) is 0 Å². The topological polar surface area (TPSA) is 237 Å². The molecule has 0 saturated heterocycles. The summed E-state index contributed by atoms with van der Waals surface area (Å²) in [5.74, 6) is 0.0459. The maximum Gasteiger partial charge on any atom is 0.472 e. The minimum Gasteiger partial charge on any atom is -0.462 e. The lowest BCUT2D eigenvalue weighted by Gasteiger charge is -2.21. The van der Waals surface area contributed by atoms with Crippen LogP contribution in [0, 0.1) is 17.8 Å². The number of esters is 4. The maximum atomic E-state index is 13.1. The van der Waals surface area contributed by atoms with Crippen LogP contribution < -0.4 is 0 Å². The van der Waals surface area contributed by atoms with E-state index >= 15 is 0 Å². The Kier molecular flexibility index (Phi) is 67.1. The minimum absolute atomic E-state index is 0.101. The lowest BCUT2D eigenvalue weighted by Crippen LogP contribution is -2.30. The number of unbranched alkanes of at least 4 members (excludes halogenated alkanes) is 44. The average molecular weight is 1420 g/mol. The number of hydrogen-bond donors (Lipinski definition) is 3. The van der Waals surface area contributed by atoms with E-state index in [0.717, 1.165) is 102 Å². The van der Waals surface area contributed by atoms with E-state index in [4.69, 9.17) is 37.0 Å². The summed E-state index contributed by atoms with van der Waals surface area (Å²) in [7, 11) is -9.91. The molecule has 0 fully saturated rings. The predicted octanol–water partition coefficient (Wildman–Crippen LogP) is 23.0. The van der Waals surface area contributed by atoms with Crippen LogP contribution in [0.2, 0.25) is 0 Å². The number of rotatable bonds is 76. The van der Waals surface area contributed by atoms with Gasteiger partial charge in [-0.15, -0.1) is 0 Å². The number of phosphoric acid groups is 2. The molecule has 2 unspecified atom stereocenters. The van der Waals surface area contributed by atoms with Gasteiger partial charge in [0.25, 0.3) is 0 Å². The summed E-state index contributed by atoms with van der Waals surface area (Å²) in [6, 6.07) is 0. The molecule has 17 nitrogen and oxygen atoms in total. The number of aliphatic hydroxyl groups is 1. The fourth-order valence-corrected chi connectivity index (χ4v) is 13.5. The van der Waals surface area contributed by atoms with Gasteiger partial charge in [0.15, 0.2) is 12.2 Å². The summed E-state index contributed by atoms with van der Waals surface area (Å²) >= 11 is 0. The highest BCUT2D eigenvalue weighted by Gasteiger charge is 2.30. The van der Waals surface area contributed by atoms with Gasteiger partial charge in [0.2, 0.25) is 0 Å². The fourth-order valence-electron chi connectivity index (χ4n) is 12.0. The summed E-state index contributed by atoms with van der Waals surface area (Å²) in [6.45, 7) is 11.8. The molecular formula is C78H152O17P2. The third kappa shape index (κ3) is 72.2. The first-order chi connectivity index (χ1) is 46.7. The van der Waals surface area contributed by atoms with Gasteiger partial charge in [-0.3, -0.25) is 37.3 Å². The third-order valence-corrected chi connectivity index (χ3v) is 20.0. The average Bonchev–Trinajstić information content (AvgIpc) is 1.47. The van der Waals surface area contributed by atoms with E-state index in [-0.39, 0.29) is 25.7 Å². The second kappa shape index (κ2) is 68.5. The molecule has 0 aromatic rings. The Morgan fingerprint density at radius 1 is 0.278 bits per heavy atom. The van der Waals surface area contributed by atoms with Gasteiger partial charge in [-0.1, -0.05) is 350 Å². The Balaban J connectivity index is 5.17. The van der Waals surface area contributed by atoms with E-state index in [1.165, 1.54) is 205 Å². The molecule has 97 heavy (non-hydrogen) atoms. The molecule has 0 bridgehead atoms. The molecule has 0 aliphatic rings. The molecule has 0 aliphatic heterocycles. The van der Waals surface area contributed by atoms with Crippen LogP contribution in [0.4, 0.5) is 0 Å². The first-order valence-electron chi connectivity index (χ1n) is 40.3. The number of carbonyl (C=O) groups is 4. The van der Waals surface area contributed by atoms with Crippen LogP contribution in [0.25, 0.3) is 0 Å². The second-order valence-corrected chi connectivity index (χ2v) is 32.4. The molecule has 0 aromatic heterocycles. The highest BCUT2D eigenvalue weighted by molar-refractivity contribution is 7.47. The van der Waals surface area contributed by atoms with E-state index in [1.54, 1.807) is 0 Å². The van der Waals surface area contributed by atoms with Gasteiger partial charge in [0, 0.05) is 25.7 Å². The van der Waals surface area contributed by atoms with Crippen molar-refractivity contribution in [2.45, 2.75) is 420 Å². The van der Waals surface area contributed by atoms with E-state index in [9.17, 15) is 43.2 Å². The quantitative estimate of drug-likeness (QED) is 0.0222. The van der Waals surface area contributed by atoms with E-state index in [2.05, 4.69) is 48.5 Å². The van der Waals surface area contributed by atoms with Gasteiger partial charge in [-0.25, -0.2) is 9.13 Å².